The summed E-state index contributed by atoms with van der Waals surface area (Å²) < 4.78 is 31.2. The molecule has 0 bridgehead atoms. The fourth-order valence-corrected chi connectivity index (χ4v) is 3.87. The van der Waals surface area contributed by atoms with E-state index < -0.39 is 10.0 Å². The van der Waals surface area contributed by atoms with E-state index in [-0.39, 0.29) is 35.0 Å². The zero-order valence-corrected chi connectivity index (χ0v) is 11.5. The zero-order valence-electron chi connectivity index (χ0n) is 9.14. The van der Waals surface area contributed by atoms with Crippen LogP contribution in [0.3, 0.4) is 0 Å². The first-order valence-corrected chi connectivity index (χ1v) is 7.46. The van der Waals surface area contributed by atoms with Gasteiger partial charge in [0.25, 0.3) is 10.0 Å². The molecule has 0 saturated heterocycles. The molecule has 6 nitrogen and oxygen atoms in total. The Morgan fingerprint density at radius 2 is 2.24 bits per heavy atom. The van der Waals surface area contributed by atoms with Gasteiger partial charge in [-0.1, -0.05) is 22.9 Å². The highest BCUT2D eigenvalue weighted by atomic mass is 35.5. The summed E-state index contributed by atoms with van der Waals surface area (Å²) in [5.41, 5.74) is 0.378. The molecule has 0 atom stereocenters. The van der Waals surface area contributed by atoms with E-state index in [1.165, 1.54) is 0 Å². The van der Waals surface area contributed by atoms with Crippen LogP contribution >= 0.6 is 22.9 Å². The van der Waals surface area contributed by atoms with Gasteiger partial charge in [0.15, 0.2) is 8.68 Å². The van der Waals surface area contributed by atoms with Crippen LogP contribution in [-0.4, -0.2) is 44.9 Å². The van der Waals surface area contributed by atoms with Crippen molar-refractivity contribution < 1.29 is 18.3 Å². The molecule has 1 heterocycles. The summed E-state index contributed by atoms with van der Waals surface area (Å²) in [5.74, 6) is 0. The third-order valence-corrected chi connectivity index (χ3v) is 5.08. The molecule has 0 aliphatic rings. The molecule has 0 saturated carbocycles. The molecular formula is C8H13ClN2O4S2. The average molecular weight is 301 g/mol. The zero-order chi connectivity index (χ0) is 12.9. The van der Waals surface area contributed by atoms with Crippen LogP contribution in [0.2, 0.25) is 4.47 Å². The summed E-state index contributed by atoms with van der Waals surface area (Å²) in [6, 6.07) is 0. The predicted molar refractivity (Wildman–Crippen MR) is 65.0 cm³/mol. The Hall–Kier alpha value is -0.250. The number of hydrogen-bond acceptors (Lipinski definition) is 6. The summed E-state index contributed by atoms with van der Waals surface area (Å²) in [6.07, 6.45) is 0. The minimum absolute atomic E-state index is 0.0870. The number of nitrogens with one attached hydrogen (secondary N) is 1. The number of thiazole rings is 1. The summed E-state index contributed by atoms with van der Waals surface area (Å²) in [6.45, 7) is 2.02. The van der Waals surface area contributed by atoms with E-state index in [9.17, 15) is 8.42 Å². The van der Waals surface area contributed by atoms with Crippen molar-refractivity contribution in [1.29, 1.82) is 0 Å². The van der Waals surface area contributed by atoms with E-state index in [4.69, 9.17) is 21.4 Å². The van der Waals surface area contributed by atoms with Crippen LogP contribution in [0.25, 0.3) is 0 Å². The van der Waals surface area contributed by atoms with E-state index in [1.807, 2.05) is 0 Å². The average Bonchev–Trinajstić information content (AvgIpc) is 2.58. The lowest BCUT2D eigenvalue weighted by atomic mass is 10.6. The third-order valence-electron chi connectivity index (χ3n) is 1.75. The fourth-order valence-electron chi connectivity index (χ4n) is 1.08. The van der Waals surface area contributed by atoms with Gasteiger partial charge in [-0.25, -0.2) is 18.1 Å². The Morgan fingerprint density at radius 3 is 2.76 bits per heavy atom. The second-order valence-electron chi connectivity index (χ2n) is 3.07. The van der Waals surface area contributed by atoms with E-state index in [2.05, 4.69) is 9.71 Å². The molecule has 1 rings (SSSR count). The normalized spacial score (nSPS) is 11.9. The molecule has 0 spiro atoms. The number of aryl methyl sites for hydroxylation is 1. The molecular weight excluding hydrogens is 288 g/mol. The van der Waals surface area contributed by atoms with Gasteiger partial charge in [0.05, 0.1) is 25.5 Å². The maximum atomic E-state index is 11.8. The molecule has 1 aromatic rings. The van der Waals surface area contributed by atoms with Crippen LogP contribution in [0, 0.1) is 6.92 Å². The number of nitrogens with zero attached hydrogens (tertiary/aromatic N) is 1. The number of aromatic nitrogens is 1. The van der Waals surface area contributed by atoms with Gasteiger partial charge in [0, 0.05) is 6.54 Å². The van der Waals surface area contributed by atoms with Crippen LogP contribution in [0.1, 0.15) is 5.69 Å². The minimum Gasteiger partial charge on any atom is -0.394 e. The molecule has 17 heavy (non-hydrogen) atoms. The molecule has 1 aromatic heterocycles. The van der Waals surface area contributed by atoms with Gasteiger partial charge in [-0.3, -0.25) is 0 Å². The van der Waals surface area contributed by atoms with Crippen molar-refractivity contribution in [3.63, 3.8) is 0 Å². The lowest BCUT2D eigenvalue weighted by Gasteiger charge is -2.05. The largest absolute Gasteiger partial charge is 0.394 e. The van der Waals surface area contributed by atoms with E-state index in [0.29, 0.717) is 5.69 Å². The topological polar surface area (TPSA) is 88.5 Å². The lowest BCUT2D eigenvalue weighted by molar-refractivity contribution is 0.0961. The van der Waals surface area contributed by atoms with Crippen molar-refractivity contribution >= 4 is 33.0 Å². The van der Waals surface area contributed by atoms with Gasteiger partial charge in [-0.05, 0) is 6.92 Å². The van der Waals surface area contributed by atoms with Crippen LogP contribution in [0.5, 0.6) is 0 Å². The lowest BCUT2D eigenvalue weighted by Crippen LogP contribution is -2.27. The van der Waals surface area contributed by atoms with Crippen molar-refractivity contribution in [2.45, 2.75) is 11.1 Å². The summed E-state index contributed by atoms with van der Waals surface area (Å²) in [4.78, 5) is 3.84. The number of sulfonamides is 1. The Labute approximate surface area is 109 Å². The summed E-state index contributed by atoms with van der Waals surface area (Å²) in [5, 5.41) is 8.46. The standard InChI is InChI=1S/C8H13ClN2O4S2/c1-6-7(16-8(9)11-6)17(13,14)10-2-4-15-5-3-12/h10,12H,2-5H2,1H3. The number of ether oxygens (including phenoxy) is 1. The maximum absolute atomic E-state index is 11.8. The summed E-state index contributed by atoms with van der Waals surface area (Å²) in [7, 11) is -3.58. The quantitative estimate of drug-likeness (QED) is 0.711. The van der Waals surface area contributed by atoms with Crippen molar-refractivity contribution in [3.8, 4) is 0 Å². The molecule has 98 valence electrons. The van der Waals surface area contributed by atoms with Gasteiger partial charge in [-0.15, -0.1) is 0 Å². The molecule has 0 unspecified atom stereocenters. The number of aliphatic hydroxyl groups is 1. The van der Waals surface area contributed by atoms with Crippen LogP contribution in [-0.2, 0) is 14.8 Å². The Kier molecular flexibility index (Phi) is 5.77. The monoisotopic (exact) mass is 300 g/mol. The highest BCUT2D eigenvalue weighted by molar-refractivity contribution is 7.91. The van der Waals surface area contributed by atoms with E-state index in [0.717, 1.165) is 11.3 Å². The first kappa shape index (κ1) is 14.8. The van der Waals surface area contributed by atoms with Crippen LogP contribution in [0.4, 0.5) is 0 Å². The van der Waals surface area contributed by atoms with Crippen LogP contribution < -0.4 is 4.72 Å². The predicted octanol–water partition coefficient (Wildman–Crippen LogP) is 0.392. The highest BCUT2D eigenvalue weighted by Gasteiger charge is 2.20. The number of rotatable bonds is 7. The molecule has 0 aromatic carbocycles. The van der Waals surface area contributed by atoms with Gasteiger partial charge < -0.3 is 9.84 Å². The SMILES string of the molecule is Cc1nc(Cl)sc1S(=O)(=O)NCCOCCO. The van der Waals surface area contributed by atoms with Crippen molar-refractivity contribution in [3.05, 3.63) is 10.2 Å². The first-order valence-electron chi connectivity index (χ1n) is 4.78. The minimum atomic E-state index is -3.58. The third kappa shape index (κ3) is 4.49. The number of aliphatic hydroxyl groups excluding tert-OH is 1. The second-order valence-corrected chi connectivity index (χ2v) is 6.62. The molecule has 2 N–H and O–H groups in total. The van der Waals surface area contributed by atoms with Crippen molar-refractivity contribution in [2.75, 3.05) is 26.4 Å². The molecule has 0 aliphatic heterocycles. The van der Waals surface area contributed by atoms with Gasteiger partial charge in [0.2, 0.25) is 0 Å². The Balaban J connectivity index is 2.54. The van der Waals surface area contributed by atoms with Gasteiger partial charge >= 0.3 is 0 Å². The molecule has 0 aliphatic carbocycles. The fraction of sp³-hybridized carbons (Fsp3) is 0.625. The number of halogens is 1. The maximum Gasteiger partial charge on any atom is 0.252 e. The highest BCUT2D eigenvalue weighted by Crippen LogP contribution is 2.26. The molecule has 9 heteroatoms. The van der Waals surface area contributed by atoms with Crippen molar-refractivity contribution in [2.24, 2.45) is 0 Å². The molecule has 0 fully saturated rings. The summed E-state index contributed by atoms with van der Waals surface area (Å²) >= 11 is 6.55. The Morgan fingerprint density at radius 1 is 1.53 bits per heavy atom. The second kappa shape index (κ2) is 6.62. The van der Waals surface area contributed by atoms with E-state index in [1.54, 1.807) is 6.92 Å². The Bertz CT molecular complexity index is 460. The first-order chi connectivity index (χ1) is 7.97. The van der Waals surface area contributed by atoms with Crippen molar-refractivity contribution in [1.82, 2.24) is 9.71 Å². The smallest absolute Gasteiger partial charge is 0.252 e. The number of hydrogen-bond donors (Lipinski definition) is 2. The van der Waals surface area contributed by atoms with Gasteiger partial charge in [0.1, 0.15) is 0 Å². The molecule has 0 radical (unpaired) electrons. The molecule has 0 amide bonds. The van der Waals surface area contributed by atoms with E-state index >= 15 is 0 Å². The van der Waals surface area contributed by atoms with Crippen LogP contribution in [0.15, 0.2) is 4.21 Å². The van der Waals surface area contributed by atoms with Gasteiger partial charge in [-0.2, -0.15) is 0 Å².